The lowest BCUT2D eigenvalue weighted by Gasteiger charge is -2.01. The van der Waals surface area contributed by atoms with Gasteiger partial charge in [0, 0.05) is 0 Å². The van der Waals surface area contributed by atoms with Gasteiger partial charge in [0.2, 0.25) is 0 Å². The summed E-state index contributed by atoms with van der Waals surface area (Å²) in [6.07, 6.45) is 0. The van der Waals surface area contributed by atoms with E-state index in [-0.39, 0.29) is 5.84 Å². The Kier molecular flexibility index (Phi) is 6.57. The van der Waals surface area contributed by atoms with Crippen molar-refractivity contribution in [3.05, 3.63) is 16.3 Å². The Balaban J connectivity index is 0.000000791. The van der Waals surface area contributed by atoms with Crippen LogP contribution in [-0.4, -0.2) is 17.6 Å². The van der Waals surface area contributed by atoms with Crippen LogP contribution in [0.5, 0.6) is 5.75 Å². The maximum Gasteiger partial charge on any atom is 0.183 e. The van der Waals surface area contributed by atoms with Crippen LogP contribution >= 0.6 is 11.3 Å². The van der Waals surface area contributed by atoms with Gasteiger partial charge < -0.3 is 15.7 Å². The zero-order valence-corrected chi connectivity index (χ0v) is 9.47. The minimum Gasteiger partial charge on any atom is -0.492 e. The molecular formula is C9H16N2O2S. The van der Waals surface area contributed by atoms with E-state index in [9.17, 15) is 0 Å². The summed E-state index contributed by atoms with van der Waals surface area (Å²) < 4.78 is 5.24. The minimum absolute atomic E-state index is 0.0912. The van der Waals surface area contributed by atoms with Crippen LogP contribution in [0.25, 0.3) is 0 Å². The Labute approximate surface area is 88.0 Å². The fourth-order valence-electron chi connectivity index (χ4n) is 0.799. The molecule has 0 unspecified atom stereocenters. The van der Waals surface area contributed by atoms with E-state index in [0.29, 0.717) is 17.2 Å². The molecule has 0 saturated heterocycles. The number of thiophene rings is 1. The Morgan fingerprint density at radius 3 is 2.79 bits per heavy atom. The van der Waals surface area contributed by atoms with Crippen LogP contribution < -0.4 is 10.5 Å². The van der Waals surface area contributed by atoms with Gasteiger partial charge in [0.25, 0.3) is 0 Å². The predicted molar refractivity (Wildman–Crippen MR) is 59.3 cm³/mol. The Morgan fingerprint density at radius 2 is 2.29 bits per heavy atom. The Hall–Kier alpha value is -1.23. The molecule has 3 N–H and O–H groups in total. The SMILES string of the molecule is CC.CCOc1ccsc1/C(N)=N/O. The largest absolute Gasteiger partial charge is 0.492 e. The lowest BCUT2D eigenvalue weighted by atomic mass is 10.4. The summed E-state index contributed by atoms with van der Waals surface area (Å²) in [4.78, 5) is 0.666. The van der Waals surface area contributed by atoms with Gasteiger partial charge in [0.15, 0.2) is 5.84 Å². The van der Waals surface area contributed by atoms with Crippen molar-refractivity contribution >= 4 is 17.2 Å². The number of nitrogens with zero attached hydrogens (tertiary/aromatic N) is 1. The zero-order chi connectivity index (χ0) is 11.0. The van der Waals surface area contributed by atoms with Crippen LogP contribution in [0.3, 0.4) is 0 Å². The van der Waals surface area contributed by atoms with E-state index < -0.39 is 0 Å². The standard InChI is InChI=1S/C7H10N2O2S.C2H6/c1-2-11-5-3-4-12-6(5)7(8)9-10;1-2/h3-4,10H,2H2,1H3,(H2,8,9);1-2H3. The van der Waals surface area contributed by atoms with Gasteiger partial charge in [-0.25, -0.2) is 0 Å². The molecule has 0 aromatic carbocycles. The van der Waals surface area contributed by atoms with Crippen LogP contribution in [0.1, 0.15) is 25.6 Å². The molecule has 14 heavy (non-hydrogen) atoms. The molecule has 1 aromatic heterocycles. The summed E-state index contributed by atoms with van der Waals surface area (Å²) in [6, 6.07) is 1.79. The van der Waals surface area contributed by atoms with E-state index in [4.69, 9.17) is 15.7 Å². The fraction of sp³-hybridized carbons (Fsp3) is 0.444. The molecule has 1 aromatic rings. The van der Waals surface area contributed by atoms with E-state index in [1.165, 1.54) is 11.3 Å². The third kappa shape index (κ3) is 3.26. The monoisotopic (exact) mass is 216 g/mol. The number of amidine groups is 1. The first-order valence-corrected chi connectivity index (χ1v) is 5.35. The maximum absolute atomic E-state index is 8.41. The molecule has 0 saturated carbocycles. The first-order valence-electron chi connectivity index (χ1n) is 4.47. The van der Waals surface area contributed by atoms with E-state index in [0.717, 1.165) is 0 Å². The van der Waals surface area contributed by atoms with Crippen LogP contribution in [0, 0.1) is 0 Å². The topological polar surface area (TPSA) is 67.8 Å². The average Bonchev–Trinajstić information content (AvgIpc) is 2.69. The maximum atomic E-state index is 8.41. The van der Waals surface area contributed by atoms with Gasteiger partial charge >= 0.3 is 0 Å². The van der Waals surface area contributed by atoms with Crippen molar-refractivity contribution in [1.29, 1.82) is 0 Å². The van der Waals surface area contributed by atoms with Gasteiger partial charge in [-0.05, 0) is 18.4 Å². The summed E-state index contributed by atoms with van der Waals surface area (Å²) in [5.41, 5.74) is 5.40. The summed E-state index contributed by atoms with van der Waals surface area (Å²) in [5.74, 6) is 0.756. The minimum atomic E-state index is 0.0912. The molecule has 0 bridgehead atoms. The second kappa shape index (κ2) is 7.20. The van der Waals surface area contributed by atoms with Gasteiger partial charge in [-0.2, -0.15) is 0 Å². The lowest BCUT2D eigenvalue weighted by Crippen LogP contribution is -2.12. The van der Waals surface area contributed by atoms with Gasteiger partial charge in [-0.3, -0.25) is 0 Å². The van der Waals surface area contributed by atoms with Gasteiger partial charge in [0.1, 0.15) is 10.6 Å². The molecule has 4 nitrogen and oxygen atoms in total. The van der Waals surface area contributed by atoms with Crippen molar-refractivity contribution in [2.24, 2.45) is 10.9 Å². The van der Waals surface area contributed by atoms with Crippen LogP contribution in [0.15, 0.2) is 16.6 Å². The summed E-state index contributed by atoms with van der Waals surface area (Å²) in [7, 11) is 0. The molecule has 0 spiro atoms. The predicted octanol–water partition coefficient (Wildman–Crippen LogP) is 2.27. The lowest BCUT2D eigenvalue weighted by molar-refractivity contribution is 0.317. The van der Waals surface area contributed by atoms with Crippen LogP contribution in [-0.2, 0) is 0 Å². The second-order valence-electron chi connectivity index (χ2n) is 2.03. The molecule has 0 aliphatic rings. The third-order valence-corrected chi connectivity index (χ3v) is 2.19. The van der Waals surface area contributed by atoms with Gasteiger partial charge in [-0.15, -0.1) is 11.3 Å². The molecule has 0 amide bonds. The van der Waals surface area contributed by atoms with Crippen molar-refractivity contribution in [3.63, 3.8) is 0 Å². The van der Waals surface area contributed by atoms with Gasteiger partial charge in [-0.1, -0.05) is 19.0 Å². The average molecular weight is 216 g/mol. The summed E-state index contributed by atoms with van der Waals surface area (Å²) in [5, 5.41) is 13.1. The van der Waals surface area contributed by atoms with Crippen molar-refractivity contribution in [2.45, 2.75) is 20.8 Å². The first-order chi connectivity index (χ1) is 6.79. The normalized spacial score (nSPS) is 10.4. The number of hydrogen-bond acceptors (Lipinski definition) is 4. The summed E-state index contributed by atoms with van der Waals surface area (Å²) >= 11 is 1.38. The van der Waals surface area contributed by atoms with E-state index >= 15 is 0 Å². The molecule has 0 fully saturated rings. The van der Waals surface area contributed by atoms with E-state index in [1.54, 1.807) is 6.07 Å². The van der Waals surface area contributed by atoms with Crippen LogP contribution in [0.2, 0.25) is 0 Å². The summed E-state index contributed by atoms with van der Waals surface area (Å²) in [6.45, 7) is 6.45. The highest BCUT2D eigenvalue weighted by Crippen LogP contribution is 2.24. The smallest absolute Gasteiger partial charge is 0.183 e. The number of rotatable bonds is 3. The third-order valence-electron chi connectivity index (χ3n) is 1.27. The highest BCUT2D eigenvalue weighted by Gasteiger charge is 2.08. The van der Waals surface area contributed by atoms with Crippen molar-refractivity contribution < 1.29 is 9.94 Å². The number of nitrogens with two attached hydrogens (primary N) is 1. The Bertz CT molecular complexity index is 284. The van der Waals surface area contributed by atoms with Crippen LogP contribution in [0.4, 0.5) is 0 Å². The molecule has 80 valence electrons. The highest BCUT2D eigenvalue weighted by atomic mass is 32.1. The molecule has 0 aliphatic carbocycles. The number of hydrogen-bond donors (Lipinski definition) is 2. The first kappa shape index (κ1) is 12.8. The fourth-order valence-corrected chi connectivity index (χ4v) is 1.53. The molecule has 0 atom stereocenters. The second-order valence-corrected chi connectivity index (χ2v) is 2.95. The number of ether oxygens (including phenoxy) is 1. The molecule has 0 radical (unpaired) electrons. The van der Waals surface area contributed by atoms with Crippen molar-refractivity contribution in [3.8, 4) is 5.75 Å². The van der Waals surface area contributed by atoms with E-state index in [2.05, 4.69) is 5.16 Å². The zero-order valence-electron chi connectivity index (χ0n) is 8.65. The Morgan fingerprint density at radius 1 is 1.64 bits per heavy atom. The van der Waals surface area contributed by atoms with E-state index in [1.807, 2.05) is 26.2 Å². The number of oxime groups is 1. The molecule has 5 heteroatoms. The molecule has 1 rings (SSSR count). The quantitative estimate of drug-likeness (QED) is 0.352. The molecule has 1 heterocycles. The van der Waals surface area contributed by atoms with Gasteiger partial charge in [0.05, 0.1) is 6.61 Å². The molecule has 0 aliphatic heterocycles. The molecular weight excluding hydrogens is 200 g/mol. The van der Waals surface area contributed by atoms with Crippen molar-refractivity contribution in [1.82, 2.24) is 0 Å². The highest BCUT2D eigenvalue weighted by molar-refractivity contribution is 7.12. The van der Waals surface area contributed by atoms with Crippen molar-refractivity contribution in [2.75, 3.05) is 6.61 Å².